The molecule has 28 heavy (non-hydrogen) atoms. The van der Waals surface area contributed by atoms with Crippen molar-refractivity contribution >= 4 is 29.2 Å². The Bertz CT molecular complexity index is 988. The van der Waals surface area contributed by atoms with E-state index in [-0.39, 0.29) is 5.78 Å². The van der Waals surface area contributed by atoms with Gasteiger partial charge in [-0.25, -0.2) is 4.79 Å². The standard InChI is InChI=1S/C22H18O5S/c1-25-19-12-6-15(14-20(19)26-2)5-11-18(23)16-7-9-17(10-8-16)27-22(24)21-4-3-13-28-21/h3-14H,1-2H3. The number of hydrogen-bond acceptors (Lipinski definition) is 6. The van der Waals surface area contributed by atoms with Gasteiger partial charge in [-0.2, -0.15) is 0 Å². The van der Waals surface area contributed by atoms with Gasteiger partial charge in [0.2, 0.25) is 0 Å². The van der Waals surface area contributed by atoms with Crippen LogP contribution in [0, 0.1) is 0 Å². The molecule has 0 aliphatic rings. The first-order chi connectivity index (χ1) is 13.6. The lowest BCUT2D eigenvalue weighted by atomic mass is 10.1. The SMILES string of the molecule is COc1ccc(C=CC(=O)c2ccc(OC(=O)c3cccs3)cc2)cc1OC. The average molecular weight is 394 g/mol. The number of ether oxygens (including phenoxy) is 3. The number of thiophene rings is 1. The van der Waals surface area contributed by atoms with Gasteiger partial charge in [-0.1, -0.05) is 18.2 Å². The van der Waals surface area contributed by atoms with Gasteiger partial charge < -0.3 is 14.2 Å². The van der Waals surface area contributed by atoms with Gasteiger partial charge >= 0.3 is 5.97 Å². The minimum atomic E-state index is -0.414. The Morgan fingerprint density at radius 2 is 1.68 bits per heavy atom. The molecule has 0 amide bonds. The molecule has 0 bridgehead atoms. The van der Waals surface area contributed by atoms with Crippen LogP contribution >= 0.6 is 11.3 Å². The quantitative estimate of drug-likeness (QED) is 0.247. The van der Waals surface area contributed by atoms with Crippen LogP contribution in [0.1, 0.15) is 25.6 Å². The minimum absolute atomic E-state index is 0.161. The molecule has 0 unspecified atom stereocenters. The summed E-state index contributed by atoms with van der Waals surface area (Å²) in [4.78, 5) is 24.8. The summed E-state index contributed by atoms with van der Waals surface area (Å²) >= 11 is 1.31. The number of methoxy groups -OCH3 is 2. The predicted octanol–water partition coefficient (Wildman–Crippen LogP) is 4.88. The number of carbonyl (C=O) groups is 2. The van der Waals surface area contributed by atoms with Crippen LogP contribution in [0.5, 0.6) is 17.2 Å². The normalized spacial score (nSPS) is 10.6. The van der Waals surface area contributed by atoms with Crippen LogP contribution in [0.4, 0.5) is 0 Å². The number of benzene rings is 2. The lowest BCUT2D eigenvalue weighted by Crippen LogP contribution is -2.06. The molecule has 3 rings (SSSR count). The summed E-state index contributed by atoms with van der Waals surface area (Å²) in [6.07, 6.45) is 3.18. The second-order valence-corrected chi connectivity index (χ2v) is 6.65. The molecule has 5 nitrogen and oxygen atoms in total. The van der Waals surface area contributed by atoms with Crippen molar-refractivity contribution in [3.8, 4) is 17.2 Å². The maximum absolute atomic E-state index is 12.4. The molecule has 0 aliphatic heterocycles. The van der Waals surface area contributed by atoms with Crippen LogP contribution in [0.15, 0.2) is 66.1 Å². The number of rotatable bonds is 7. The maximum atomic E-state index is 12.4. The van der Waals surface area contributed by atoms with Gasteiger partial charge in [0, 0.05) is 5.56 Å². The van der Waals surface area contributed by atoms with E-state index in [0.29, 0.717) is 27.7 Å². The van der Waals surface area contributed by atoms with Crippen LogP contribution < -0.4 is 14.2 Å². The largest absolute Gasteiger partial charge is 0.493 e. The Kier molecular flexibility index (Phi) is 6.24. The molecule has 0 aliphatic carbocycles. The zero-order chi connectivity index (χ0) is 19.9. The Labute approximate surface area is 166 Å². The molecular formula is C22H18O5S. The second-order valence-electron chi connectivity index (χ2n) is 5.70. The lowest BCUT2D eigenvalue weighted by Gasteiger charge is -2.07. The molecular weight excluding hydrogens is 376 g/mol. The van der Waals surface area contributed by atoms with E-state index in [1.54, 1.807) is 68.8 Å². The highest BCUT2D eigenvalue weighted by atomic mass is 32.1. The Morgan fingerprint density at radius 1 is 0.929 bits per heavy atom. The van der Waals surface area contributed by atoms with Gasteiger partial charge in [0.05, 0.1) is 14.2 Å². The average Bonchev–Trinajstić information content (AvgIpc) is 3.27. The third-order valence-corrected chi connectivity index (χ3v) is 4.76. The van der Waals surface area contributed by atoms with Crippen molar-refractivity contribution in [3.63, 3.8) is 0 Å². The number of ketones is 1. The molecule has 3 aromatic rings. The number of allylic oxidation sites excluding steroid dienone is 1. The first-order valence-corrected chi connectivity index (χ1v) is 9.29. The number of hydrogen-bond donors (Lipinski definition) is 0. The predicted molar refractivity (Wildman–Crippen MR) is 109 cm³/mol. The van der Waals surface area contributed by atoms with Crippen LogP contribution in [0.3, 0.4) is 0 Å². The highest BCUT2D eigenvalue weighted by Gasteiger charge is 2.10. The summed E-state index contributed by atoms with van der Waals surface area (Å²) in [7, 11) is 3.13. The van der Waals surface area contributed by atoms with E-state index >= 15 is 0 Å². The molecule has 1 heterocycles. The molecule has 0 fully saturated rings. The molecule has 0 N–H and O–H groups in total. The Morgan fingerprint density at radius 3 is 2.32 bits per heavy atom. The van der Waals surface area contributed by atoms with E-state index in [1.807, 2.05) is 11.4 Å². The topological polar surface area (TPSA) is 61.8 Å². The molecule has 0 atom stereocenters. The van der Waals surface area contributed by atoms with Crippen LogP contribution in [-0.4, -0.2) is 26.0 Å². The van der Waals surface area contributed by atoms with Gasteiger partial charge in [0.25, 0.3) is 0 Å². The van der Waals surface area contributed by atoms with E-state index in [9.17, 15) is 9.59 Å². The van der Waals surface area contributed by atoms with Gasteiger partial charge in [-0.05, 0) is 59.5 Å². The van der Waals surface area contributed by atoms with Crippen molar-refractivity contribution in [3.05, 3.63) is 82.1 Å². The third kappa shape index (κ3) is 4.66. The molecule has 0 radical (unpaired) electrons. The van der Waals surface area contributed by atoms with Crippen molar-refractivity contribution in [2.24, 2.45) is 0 Å². The Balaban J connectivity index is 1.66. The zero-order valence-electron chi connectivity index (χ0n) is 15.4. The molecule has 0 saturated carbocycles. The molecule has 6 heteroatoms. The van der Waals surface area contributed by atoms with Crippen molar-refractivity contribution in [2.75, 3.05) is 14.2 Å². The molecule has 142 valence electrons. The van der Waals surface area contributed by atoms with Crippen LogP contribution in [-0.2, 0) is 0 Å². The van der Waals surface area contributed by atoms with Crippen molar-refractivity contribution < 1.29 is 23.8 Å². The van der Waals surface area contributed by atoms with E-state index in [0.717, 1.165) is 5.56 Å². The highest BCUT2D eigenvalue weighted by Crippen LogP contribution is 2.28. The fourth-order valence-electron chi connectivity index (χ4n) is 2.46. The minimum Gasteiger partial charge on any atom is -0.493 e. The van der Waals surface area contributed by atoms with E-state index < -0.39 is 5.97 Å². The first-order valence-electron chi connectivity index (χ1n) is 8.41. The summed E-state index contributed by atoms with van der Waals surface area (Å²) in [6, 6.07) is 15.3. The van der Waals surface area contributed by atoms with E-state index in [2.05, 4.69) is 0 Å². The van der Waals surface area contributed by atoms with Crippen molar-refractivity contribution in [1.82, 2.24) is 0 Å². The van der Waals surface area contributed by atoms with Crippen molar-refractivity contribution in [1.29, 1.82) is 0 Å². The van der Waals surface area contributed by atoms with Gasteiger partial charge in [0.1, 0.15) is 10.6 Å². The second kappa shape index (κ2) is 9.01. The first kappa shape index (κ1) is 19.4. The smallest absolute Gasteiger partial charge is 0.353 e. The van der Waals surface area contributed by atoms with E-state index in [1.165, 1.54) is 17.4 Å². The lowest BCUT2D eigenvalue weighted by molar-refractivity contribution is 0.0740. The monoisotopic (exact) mass is 394 g/mol. The molecule has 0 spiro atoms. The fraction of sp³-hybridized carbons (Fsp3) is 0.0909. The summed E-state index contributed by atoms with van der Waals surface area (Å²) in [5, 5.41) is 1.81. The number of carbonyl (C=O) groups excluding carboxylic acids is 2. The third-order valence-electron chi connectivity index (χ3n) is 3.91. The Hall–Kier alpha value is -3.38. The van der Waals surface area contributed by atoms with Crippen LogP contribution in [0.2, 0.25) is 0 Å². The van der Waals surface area contributed by atoms with Crippen molar-refractivity contribution in [2.45, 2.75) is 0 Å². The summed E-state index contributed by atoms with van der Waals surface area (Å²) in [5.41, 5.74) is 1.31. The van der Waals surface area contributed by atoms with E-state index in [4.69, 9.17) is 14.2 Å². The summed E-state index contributed by atoms with van der Waals surface area (Å²) in [5.74, 6) is 1.03. The molecule has 0 saturated heterocycles. The summed E-state index contributed by atoms with van der Waals surface area (Å²) < 4.78 is 15.7. The zero-order valence-corrected chi connectivity index (χ0v) is 16.2. The summed E-state index contributed by atoms with van der Waals surface area (Å²) in [6.45, 7) is 0. The fourth-order valence-corrected chi connectivity index (χ4v) is 3.06. The number of esters is 1. The van der Waals surface area contributed by atoms with Gasteiger partial charge in [-0.15, -0.1) is 11.3 Å². The van der Waals surface area contributed by atoms with Crippen LogP contribution in [0.25, 0.3) is 6.08 Å². The highest BCUT2D eigenvalue weighted by molar-refractivity contribution is 7.12. The molecule has 2 aromatic carbocycles. The molecule has 1 aromatic heterocycles. The maximum Gasteiger partial charge on any atom is 0.353 e. The van der Waals surface area contributed by atoms with Gasteiger partial charge in [0.15, 0.2) is 17.3 Å². The van der Waals surface area contributed by atoms with Gasteiger partial charge in [-0.3, -0.25) is 4.79 Å².